The normalized spacial score (nSPS) is 23.9. The number of rotatable bonds is 6. The first-order chi connectivity index (χ1) is 14.7. The second-order valence-corrected chi connectivity index (χ2v) is 8.14. The topological polar surface area (TPSA) is 54.2 Å². The van der Waals surface area contributed by atoms with Crippen LogP contribution >= 0.6 is 0 Å². The lowest BCUT2D eigenvalue weighted by Crippen LogP contribution is -3.13. The predicted molar refractivity (Wildman–Crippen MR) is 120 cm³/mol. The molecule has 1 unspecified atom stereocenters. The van der Waals surface area contributed by atoms with Gasteiger partial charge in [0.2, 0.25) is 5.91 Å². The van der Waals surface area contributed by atoms with E-state index in [1.165, 1.54) is 24.3 Å². The predicted octanol–water partition coefficient (Wildman–Crippen LogP) is 2.66. The summed E-state index contributed by atoms with van der Waals surface area (Å²) in [5.74, 6) is -0.997. The van der Waals surface area contributed by atoms with E-state index in [0.717, 1.165) is 30.6 Å². The van der Waals surface area contributed by atoms with Crippen molar-refractivity contribution >= 4 is 23.7 Å². The van der Waals surface area contributed by atoms with Crippen LogP contribution in [-0.4, -0.2) is 43.7 Å². The molecule has 0 saturated carbocycles. The quantitative estimate of drug-likeness (QED) is 0.595. The number of benzene rings is 2. The number of imide groups is 1. The summed E-state index contributed by atoms with van der Waals surface area (Å²) in [6.07, 6.45) is 4.96. The maximum Gasteiger partial charge on any atom is 0.265 e. The van der Waals surface area contributed by atoms with Crippen molar-refractivity contribution in [3.8, 4) is 0 Å². The molecule has 0 radical (unpaired) electrons. The minimum atomic E-state index is -0.532. The van der Waals surface area contributed by atoms with Crippen LogP contribution in [0.15, 0.2) is 53.5 Å². The molecular weight excluding hydrogens is 374 g/mol. The summed E-state index contributed by atoms with van der Waals surface area (Å²) < 4.78 is 0. The molecule has 2 aromatic carbocycles. The van der Waals surface area contributed by atoms with Crippen LogP contribution in [0.1, 0.15) is 54.1 Å². The zero-order valence-corrected chi connectivity index (χ0v) is 17.8. The molecule has 0 aliphatic carbocycles. The summed E-state index contributed by atoms with van der Waals surface area (Å²) in [7, 11) is 0. The fourth-order valence-electron chi connectivity index (χ4n) is 4.82. The van der Waals surface area contributed by atoms with Crippen molar-refractivity contribution in [3.63, 3.8) is 0 Å². The molecule has 5 nitrogen and oxygen atoms in total. The van der Waals surface area contributed by atoms with E-state index in [2.05, 4.69) is 6.92 Å². The lowest BCUT2D eigenvalue weighted by molar-refractivity contribution is -0.908. The molecule has 156 valence electrons. The van der Waals surface area contributed by atoms with Crippen molar-refractivity contribution in [3.05, 3.63) is 65.2 Å². The number of aliphatic imine (C=N–C) groups is 1. The number of likely N-dealkylation sites (N-methyl/N-ethyl adjacent to an activating group) is 1. The molecule has 1 N–H and O–H groups in total. The van der Waals surface area contributed by atoms with Crippen molar-refractivity contribution in [1.29, 1.82) is 0 Å². The first-order valence-corrected chi connectivity index (χ1v) is 11.0. The van der Waals surface area contributed by atoms with Crippen LogP contribution in [0.5, 0.6) is 0 Å². The third-order valence-electron chi connectivity index (χ3n) is 6.49. The number of carbonyl (C=O) groups is 2. The Labute approximate surface area is 178 Å². The van der Waals surface area contributed by atoms with E-state index >= 15 is 0 Å². The van der Waals surface area contributed by atoms with Gasteiger partial charge in [-0.1, -0.05) is 43.3 Å². The highest BCUT2D eigenvalue weighted by atomic mass is 16.2. The Balaban J connectivity index is 1.67. The SMILES string of the molecule is CCc1ccccc1N1C(=O)c2ccccc2[C@@H](C=NC[C@@H]2CCC[NH+]2CC)C1=O. The second-order valence-electron chi connectivity index (χ2n) is 8.14. The smallest absolute Gasteiger partial charge is 0.265 e. The van der Waals surface area contributed by atoms with Gasteiger partial charge in [-0.05, 0) is 36.6 Å². The third kappa shape index (κ3) is 3.70. The van der Waals surface area contributed by atoms with Crippen LogP contribution in [0.2, 0.25) is 0 Å². The largest absolute Gasteiger partial charge is 0.331 e. The molecule has 2 aliphatic heterocycles. The van der Waals surface area contributed by atoms with Gasteiger partial charge in [0, 0.05) is 24.6 Å². The van der Waals surface area contributed by atoms with Gasteiger partial charge >= 0.3 is 0 Å². The molecule has 0 bridgehead atoms. The number of nitrogens with one attached hydrogen (secondary N) is 1. The van der Waals surface area contributed by atoms with Gasteiger partial charge < -0.3 is 4.90 Å². The lowest BCUT2D eigenvalue weighted by Gasteiger charge is -2.32. The minimum absolute atomic E-state index is 0.213. The number of carbonyl (C=O) groups excluding carboxylic acids is 2. The van der Waals surface area contributed by atoms with Crippen LogP contribution in [0.25, 0.3) is 0 Å². The van der Waals surface area contributed by atoms with E-state index in [1.54, 1.807) is 11.1 Å². The Hall–Kier alpha value is -2.79. The summed E-state index contributed by atoms with van der Waals surface area (Å²) in [5.41, 5.74) is 3.01. The zero-order valence-electron chi connectivity index (χ0n) is 17.8. The zero-order chi connectivity index (χ0) is 21.1. The van der Waals surface area contributed by atoms with Gasteiger partial charge in [0.15, 0.2) is 0 Å². The van der Waals surface area contributed by atoms with E-state index in [4.69, 9.17) is 4.99 Å². The number of nitrogens with zero attached hydrogens (tertiary/aromatic N) is 2. The van der Waals surface area contributed by atoms with Gasteiger partial charge in [-0.2, -0.15) is 0 Å². The van der Waals surface area contributed by atoms with Crippen molar-refractivity contribution < 1.29 is 14.5 Å². The number of anilines is 1. The molecule has 2 aliphatic rings. The standard InChI is InChI=1S/C25H29N3O2/c1-3-18-10-5-8-14-23(18)28-24(29)21-13-7-6-12-20(21)22(25(28)30)17-26-16-19-11-9-15-27(19)4-2/h5-8,10,12-14,17,19,22H,3-4,9,11,15-16H2,1-2H3/p+1/t19-,22+/m0/s1. The molecule has 5 heteroatoms. The summed E-state index contributed by atoms with van der Waals surface area (Å²) in [6, 6.07) is 15.6. The number of likely N-dealkylation sites (tertiary alicyclic amines) is 1. The third-order valence-corrected chi connectivity index (χ3v) is 6.49. The molecule has 1 fully saturated rings. The average Bonchev–Trinajstić information content (AvgIpc) is 3.24. The Morgan fingerprint density at radius 1 is 1.10 bits per heavy atom. The Morgan fingerprint density at radius 2 is 1.87 bits per heavy atom. The van der Waals surface area contributed by atoms with E-state index < -0.39 is 5.92 Å². The summed E-state index contributed by atoms with van der Waals surface area (Å²) in [5, 5.41) is 0. The fraction of sp³-hybridized carbons (Fsp3) is 0.400. The van der Waals surface area contributed by atoms with Crippen LogP contribution < -0.4 is 9.80 Å². The number of hydrogen-bond acceptors (Lipinski definition) is 3. The van der Waals surface area contributed by atoms with Crippen molar-refractivity contribution in [2.45, 2.75) is 45.1 Å². The van der Waals surface area contributed by atoms with Crippen LogP contribution in [-0.2, 0) is 11.2 Å². The van der Waals surface area contributed by atoms with Crippen molar-refractivity contribution in [2.75, 3.05) is 24.5 Å². The Kier molecular flexibility index (Phi) is 6.09. The number of fused-ring (bicyclic) bond motifs is 1. The van der Waals surface area contributed by atoms with Crippen LogP contribution in [0.4, 0.5) is 5.69 Å². The van der Waals surface area contributed by atoms with Gasteiger partial charge in [0.1, 0.15) is 6.04 Å². The molecule has 2 amide bonds. The molecule has 2 heterocycles. The molecule has 3 atom stereocenters. The monoisotopic (exact) mass is 404 g/mol. The first-order valence-electron chi connectivity index (χ1n) is 11.0. The van der Waals surface area contributed by atoms with Crippen LogP contribution in [0, 0.1) is 0 Å². The van der Waals surface area contributed by atoms with Crippen LogP contribution in [0.3, 0.4) is 0 Å². The number of para-hydroxylation sites is 1. The van der Waals surface area contributed by atoms with Gasteiger partial charge in [0.05, 0.1) is 31.2 Å². The maximum atomic E-state index is 13.5. The first kappa shape index (κ1) is 20.5. The summed E-state index contributed by atoms with van der Waals surface area (Å²) in [4.78, 5) is 34.5. The lowest BCUT2D eigenvalue weighted by atomic mass is 9.88. The number of hydrogen-bond donors (Lipinski definition) is 1. The second kappa shape index (κ2) is 8.92. The highest BCUT2D eigenvalue weighted by Gasteiger charge is 2.39. The summed E-state index contributed by atoms with van der Waals surface area (Å²) in [6.45, 7) is 7.30. The summed E-state index contributed by atoms with van der Waals surface area (Å²) >= 11 is 0. The minimum Gasteiger partial charge on any atom is -0.331 e. The molecule has 0 aromatic heterocycles. The fourth-order valence-corrected chi connectivity index (χ4v) is 4.82. The van der Waals surface area contributed by atoms with Gasteiger partial charge in [0.25, 0.3) is 5.91 Å². The van der Waals surface area contributed by atoms with Crippen molar-refractivity contribution in [1.82, 2.24) is 0 Å². The highest BCUT2D eigenvalue weighted by Crippen LogP contribution is 2.33. The van der Waals surface area contributed by atoms with Gasteiger partial charge in [-0.25, -0.2) is 4.90 Å². The highest BCUT2D eigenvalue weighted by molar-refractivity contribution is 6.29. The molecule has 1 saturated heterocycles. The number of amides is 2. The Bertz CT molecular complexity index is 968. The molecular formula is C25H30N3O2+. The molecule has 30 heavy (non-hydrogen) atoms. The average molecular weight is 405 g/mol. The number of quaternary nitrogens is 1. The molecule has 2 aromatic rings. The van der Waals surface area contributed by atoms with E-state index in [0.29, 0.717) is 17.3 Å². The number of aryl methyl sites for hydroxylation is 1. The van der Waals surface area contributed by atoms with Crippen molar-refractivity contribution in [2.24, 2.45) is 4.99 Å². The van der Waals surface area contributed by atoms with E-state index in [-0.39, 0.29) is 11.8 Å². The van der Waals surface area contributed by atoms with Gasteiger partial charge in [-0.15, -0.1) is 0 Å². The molecule has 4 rings (SSSR count). The maximum absolute atomic E-state index is 13.5. The van der Waals surface area contributed by atoms with E-state index in [9.17, 15) is 9.59 Å². The Morgan fingerprint density at radius 3 is 2.67 bits per heavy atom. The van der Waals surface area contributed by atoms with Gasteiger partial charge in [-0.3, -0.25) is 14.6 Å². The molecule has 0 spiro atoms. The van der Waals surface area contributed by atoms with E-state index in [1.807, 2.05) is 55.5 Å².